The van der Waals surface area contributed by atoms with Gasteiger partial charge in [0.05, 0.1) is 6.04 Å². The van der Waals surface area contributed by atoms with Crippen molar-refractivity contribution in [2.75, 3.05) is 13.1 Å². The molecule has 16 heavy (non-hydrogen) atoms. The van der Waals surface area contributed by atoms with Gasteiger partial charge < -0.3 is 16.0 Å². The van der Waals surface area contributed by atoms with Gasteiger partial charge in [-0.05, 0) is 33.6 Å². The van der Waals surface area contributed by atoms with E-state index in [1.54, 1.807) is 6.92 Å². The van der Waals surface area contributed by atoms with Crippen LogP contribution in [0.4, 0.5) is 0 Å². The van der Waals surface area contributed by atoms with E-state index in [0.29, 0.717) is 12.1 Å². The van der Waals surface area contributed by atoms with Crippen LogP contribution in [0.1, 0.15) is 33.6 Å². The first-order valence-corrected chi connectivity index (χ1v) is 5.80. The van der Waals surface area contributed by atoms with Crippen molar-refractivity contribution in [1.82, 2.24) is 10.2 Å². The standard InChI is InChI=1S/C11H23N3O.ClH/c1-8(2)14-6-4-10(5-7-14)13-11(15)9(3)12;/h8-10H,4-7,12H2,1-3H3,(H,13,15);1H. The van der Waals surface area contributed by atoms with E-state index in [2.05, 4.69) is 24.1 Å². The summed E-state index contributed by atoms with van der Waals surface area (Å²) in [5.74, 6) is -0.0296. The van der Waals surface area contributed by atoms with Crippen molar-refractivity contribution in [3.63, 3.8) is 0 Å². The minimum absolute atomic E-state index is 0. The summed E-state index contributed by atoms with van der Waals surface area (Å²) in [5.41, 5.74) is 5.51. The number of hydrogen-bond donors (Lipinski definition) is 2. The molecule has 1 saturated heterocycles. The Morgan fingerprint density at radius 2 is 1.81 bits per heavy atom. The van der Waals surface area contributed by atoms with Crippen molar-refractivity contribution in [3.8, 4) is 0 Å². The molecular weight excluding hydrogens is 226 g/mol. The Bertz CT molecular complexity index is 213. The Hall–Kier alpha value is -0.320. The fourth-order valence-electron chi connectivity index (χ4n) is 1.89. The third kappa shape index (κ3) is 4.68. The number of carbonyl (C=O) groups is 1. The molecule has 1 amide bonds. The second kappa shape index (κ2) is 7.09. The van der Waals surface area contributed by atoms with Crippen LogP contribution >= 0.6 is 12.4 Å². The Morgan fingerprint density at radius 1 is 1.31 bits per heavy atom. The van der Waals surface area contributed by atoms with Gasteiger partial charge in [0.1, 0.15) is 0 Å². The van der Waals surface area contributed by atoms with E-state index in [0.717, 1.165) is 25.9 Å². The molecule has 4 nitrogen and oxygen atoms in total. The molecule has 0 bridgehead atoms. The van der Waals surface area contributed by atoms with Crippen molar-refractivity contribution in [2.24, 2.45) is 5.73 Å². The number of nitrogens with one attached hydrogen (secondary N) is 1. The van der Waals surface area contributed by atoms with Crippen LogP contribution < -0.4 is 11.1 Å². The second-order valence-electron chi connectivity index (χ2n) is 4.70. The summed E-state index contributed by atoms with van der Waals surface area (Å²) < 4.78 is 0. The van der Waals surface area contributed by atoms with Gasteiger partial charge in [-0.25, -0.2) is 0 Å². The van der Waals surface area contributed by atoms with Gasteiger partial charge in [0.25, 0.3) is 0 Å². The minimum atomic E-state index is -0.395. The first kappa shape index (κ1) is 15.7. The molecule has 1 heterocycles. The third-order valence-corrected chi connectivity index (χ3v) is 3.02. The summed E-state index contributed by atoms with van der Waals surface area (Å²) in [6, 6.07) is 0.529. The highest BCUT2D eigenvalue weighted by Gasteiger charge is 2.22. The van der Waals surface area contributed by atoms with Crippen LogP contribution in [-0.4, -0.2) is 42.0 Å². The highest BCUT2D eigenvalue weighted by Crippen LogP contribution is 2.12. The number of halogens is 1. The quantitative estimate of drug-likeness (QED) is 0.776. The SMILES string of the molecule is CC(N)C(=O)NC1CCN(C(C)C)CC1.Cl. The maximum Gasteiger partial charge on any atom is 0.236 e. The number of piperidine rings is 1. The lowest BCUT2D eigenvalue weighted by atomic mass is 10.0. The van der Waals surface area contributed by atoms with Gasteiger partial charge in [0, 0.05) is 25.2 Å². The van der Waals surface area contributed by atoms with E-state index in [9.17, 15) is 4.79 Å². The maximum absolute atomic E-state index is 11.4. The molecule has 0 spiro atoms. The number of nitrogens with zero attached hydrogens (tertiary/aromatic N) is 1. The fraction of sp³-hybridized carbons (Fsp3) is 0.909. The first-order chi connectivity index (χ1) is 7.00. The van der Waals surface area contributed by atoms with Crippen LogP contribution in [0.3, 0.4) is 0 Å². The number of likely N-dealkylation sites (tertiary alicyclic amines) is 1. The van der Waals surface area contributed by atoms with Crippen LogP contribution in [0.2, 0.25) is 0 Å². The Kier molecular flexibility index (Phi) is 6.95. The van der Waals surface area contributed by atoms with Crippen molar-refractivity contribution in [1.29, 1.82) is 0 Å². The zero-order chi connectivity index (χ0) is 11.4. The lowest BCUT2D eigenvalue weighted by Crippen LogP contribution is -2.49. The Morgan fingerprint density at radius 3 is 2.19 bits per heavy atom. The molecule has 96 valence electrons. The number of rotatable bonds is 3. The molecule has 0 saturated carbocycles. The molecule has 0 aromatic heterocycles. The van der Waals surface area contributed by atoms with Gasteiger partial charge in [-0.1, -0.05) is 0 Å². The lowest BCUT2D eigenvalue weighted by Gasteiger charge is -2.35. The van der Waals surface area contributed by atoms with Crippen LogP contribution in [0.5, 0.6) is 0 Å². The van der Waals surface area contributed by atoms with Gasteiger partial charge in [0.15, 0.2) is 0 Å². The van der Waals surface area contributed by atoms with Gasteiger partial charge in [-0.15, -0.1) is 12.4 Å². The molecule has 1 fully saturated rings. The zero-order valence-electron chi connectivity index (χ0n) is 10.4. The van der Waals surface area contributed by atoms with Gasteiger partial charge in [0.2, 0.25) is 5.91 Å². The number of hydrogen-bond acceptors (Lipinski definition) is 3. The molecule has 5 heteroatoms. The zero-order valence-corrected chi connectivity index (χ0v) is 11.2. The summed E-state index contributed by atoms with van der Waals surface area (Å²) >= 11 is 0. The molecule has 0 aliphatic carbocycles. The monoisotopic (exact) mass is 249 g/mol. The molecule has 3 N–H and O–H groups in total. The molecule has 1 rings (SSSR count). The van der Waals surface area contributed by atoms with Crippen molar-refractivity contribution < 1.29 is 4.79 Å². The summed E-state index contributed by atoms with van der Waals surface area (Å²) in [4.78, 5) is 13.8. The summed E-state index contributed by atoms with van der Waals surface area (Å²) in [5, 5.41) is 2.99. The fourth-order valence-corrected chi connectivity index (χ4v) is 1.89. The van der Waals surface area contributed by atoms with E-state index in [1.807, 2.05) is 0 Å². The summed E-state index contributed by atoms with van der Waals surface area (Å²) in [6.45, 7) is 8.28. The van der Waals surface area contributed by atoms with Crippen LogP contribution in [0.25, 0.3) is 0 Å². The molecular formula is C11H24ClN3O. The number of carbonyl (C=O) groups excluding carboxylic acids is 1. The predicted molar refractivity (Wildman–Crippen MR) is 68.8 cm³/mol. The highest BCUT2D eigenvalue weighted by atomic mass is 35.5. The molecule has 1 atom stereocenters. The summed E-state index contributed by atoms with van der Waals surface area (Å²) in [6.07, 6.45) is 2.08. The van der Waals surface area contributed by atoms with Crippen molar-refractivity contribution in [2.45, 2.75) is 51.7 Å². The molecule has 1 aliphatic rings. The molecule has 1 unspecified atom stereocenters. The predicted octanol–water partition coefficient (Wildman–Crippen LogP) is 0.744. The smallest absolute Gasteiger partial charge is 0.236 e. The van der Waals surface area contributed by atoms with Crippen molar-refractivity contribution in [3.05, 3.63) is 0 Å². The first-order valence-electron chi connectivity index (χ1n) is 5.80. The summed E-state index contributed by atoms with van der Waals surface area (Å²) in [7, 11) is 0. The average Bonchev–Trinajstić information content (AvgIpc) is 2.18. The van der Waals surface area contributed by atoms with Gasteiger partial charge in [-0.2, -0.15) is 0 Å². The van der Waals surface area contributed by atoms with Gasteiger partial charge in [-0.3, -0.25) is 4.79 Å². The Labute approximate surface area is 104 Å². The van der Waals surface area contributed by atoms with Crippen LogP contribution in [0, 0.1) is 0 Å². The molecule has 0 aromatic rings. The lowest BCUT2D eigenvalue weighted by molar-refractivity contribution is -0.123. The van der Waals surface area contributed by atoms with E-state index in [-0.39, 0.29) is 18.3 Å². The number of amides is 1. The maximum atomic E-state index is 11.4. The topological polar surface area (TPSA) is 58.4 Å². The third-order valence-electron chi connectivity index (χ3n) is 3.02. The largest absolute Gasteiger partial charge is 0.352 e. The van der Waals surface area contributed by atoms with Crippen LogP contribution in [-0.2, 0) is 4.79 Å². The highest BCUT2D eigenvalue weighted by molar-refractivity contribution is 5.85. The van der Waals surface area contributed by atoms with E-state index in [1.165, 1.54) is 0 Å². The minimum Gasteiger partial charge on any atom is -0.352 e. The van der Waals surface area contributed by atoms with Crippen molar-refractivity contribution >= 4 is 18.3 Å². The van der Waals surface area contributed by atoms with Crippen LogP contribution in [0.15, 0.2) is 0 Å². The van der Waals surface area contributed by atoms with E-state index in [4.69, 9.17) is 5.73 Å². The average molecular weight is 250 g/mol. The normalized spacial score (nSPS) is 20.3. The van der Waals surface area contributed by atoms with Gasteiger partial charge >= 0.3 is 0 Å². The second-order valence-corrected chi connectivity index (χ2v) is 4.70. The Balaban J connectivity index is 0.00000225. The molecule has 1 aliphatic heterocycles. The molecule has 0 radical (unpaired) electrons. The van der Waals surface area contributed by atoms with E-state index < -0.39 is 6.04 Å². The molecule has 0 aromatic carbocycles. The number of nitrogens with two attached hydrogens (primary N) is 1. The van der Waals surface area contributed by atoms with E-state index >= 15 is 0 Å².